The maximum atomic E-state index is 15.0. The van der Waals surface area contributed by atoms with E-state index in [0.717, 1.165) is 41.7 Å². The highest BCUT2D eigenvalue weighted by atomic mass is 32.1. The molecule has 1 atom stereocenters. The van der Waals surface area contributed by atoms with Crippen LogP contribution in [0.3, 0.4) is 0 Å². The standard InChI is InChI=1S/C29H30F4N6OS/c1-37(2)20-9-11-38(15-20)23-8-3-17(13-21(23)29(31,32)33)28(40)36-19-6-7-22(30)25(14-19)39-16-34-27(35-18-4-5-18)26-24(39)10-12-41-26/h3,6-8,10,12-14,18,20H,4-5,9,11,15-16H2,1-2H3,(H,34,35)(H,36,40)/t20-/m1/s1. The van der Waals surface area contributed by atoms with Crippen LogP contribution in [0.25, 0.3) is 0 Å². The smallest absolute Gasteiger partial charge is 0.369 e. The van der Waals surface area contributed by atoms with Crippen LogP contribution in [0.2, 0.25) is 0 Å². The number of rotatable bonds is 6. The minimum atomic E-state index is -4.63. The van der Waals surface area contributed by atoms with Crippen molar-refractivity contribution in [2.75, 3.05) is 49.0 Å². The quantitative estimate of drug-likeness (QED) is 0.352. The third-order valence-corrected chi connectivity index (χ3v) is 8.64. The van der Waals surface area contributed by atoms with Crippen molar-refractivity contribution < 1.29 is 22.4 Å². The Kier molecular flexibility index (Phi) is 7.14. The molecule has 1 saturated heterocycles. The summed E-state index contributed by atoms with van der Waals surface area (Å²) in [5, 5.41) is 7.99. The first-order chi connectivity index (χ1) is 19.6. The summed E-state index contributed by atoms with van der Waals surface area (Å²) in [6.07, 6.45) is -1.68. The largest absolute Gasteiger partial charge is 0.418 e. The van der Waals surface area contributed by atoms with Gasteiger partial charge in [-0.25, -0.2) is 9.38 Å². The van der Waals surface area contributed by atoms with Crippen molar-refractivity contribution in [2.24, 2.45) is 4.99 Å². The van der Waals surface area contributed by atoms with E-state index in [9.17, 15) is 18.0 Å². The summed E-state index contributed by atoms with van der Waals surface area (Å²) < 4.78 is 57.3. The minimum Gasteiger partial charge on any atom is -0.369 e. The number of carbonyl (C=O) groups is 1. The molecular formula is C29H30F4N6OS. The van der Waals surface area contributed by atoms with Crippen LogP contribution in [0, 0.1) is 5.82 Å². The van der Waals surface area contributed by atoms with Gasteiger partial charge in [0.25, 0.3) is 5.91 Å². The number of hydrogen-bond donors (Lipinski definition) is 2. The highest BCUT2D eigenvalue weighted by Gasteiger charge is 2.37. The molecule has 1 aliphatic carbocycles. The molecule has 2 N–H and O–H groups in total. The van der Waals surface area contributed by atoms with Crippen molar-refractivity contribution in [2.45, 2.75) is 37.5 Å². The lowest BCUT2D eigenvalue weighted by Gasteiger charge is -2.28. The molecule has 7 nitrogen and oxygen atoms in total. The number of anilines is 4. The summed E-state index contributed by atoms with van der Waals surface area (Å²) >= 11 is 1.51. The van der Waals surface area contributed by atoms with Gasteiger partial charge in [0.1, 0.15) is 18.3 Å². The number of likely N-dealkylation sites (N-methyl/N-ethyl adjacent to an activating group) is 1. The molecule has 1 amide bonds. The molecule has 3 heterocycles. The summed E-state index contributed by atoms with van der Waals surface area (Å²) in [6, 6.07) is 10.2. The highest BCUT2D eigenvalue weighted by Crippen LogP contribution is 2.40. The maximum absolute atomic E-state index is 15.0. The number of alkyl halides is 3. The molecule has 2 fully saturated rings. The van der Waals surface area contributed by atoms with E-state index in [1.807, 2.05) is 30.4 Å². The predicted molar refractivity (Wildman–Crippen MR) is 154 cm³/mol. The van der Waals surface area contributed by atoms with Crippen molar-refractivity contribution in [1.82, 2.24) is 10.2 Å². The summed E-state index contributed by atoms with van der Waals surface area (Å²) in [7, 11) is 3.82. The maximum Gasteiger partial charge on any atom is 0.418 e. The first kappa shape index (κ1) is 27.5. The van der Waals surface area contributed by atoms with Gasteiger partial charge < -0.3 is 25.3 Å². The van der Waals surface area contributed by atoms with Crippen LogP contribution in [0.5, 0.6) is 0 Å². The SMILES string of the molecule is CN(C)[C@@H]1CCN(c2ccc(C(=O)Nc3ccc(F)c(N4CN=C(NC5CC5)c5sccc54)c3)cc2C(F)(F)F)C1. The molecule has 0 bridgehead atoms. The zero-order chi connectivity index (χ0) is 28.9. The molecule has 3 aliphatic rings. The fraction of sp³-hybridized carbons (Fsp3) is 0.379. The fourth-order valence-corrected chi connectivity index (χ4v) is 6.15. The lowest BCUT2D eigenvalue weighted by Crippen LogP contribution is -2.33. The molecular weight excluding hydrogens is 556 g/mol. The lowest BCUT2D eigenvalue weighted by molar-refractivity contribution is -0.137. The third-order valence-electron chi connectivity index (χ3n) is 7.73. The second-order valence-electron chi connectivity index (χ2n) is 10.8. The molecule has 1 aromatic heterocycles. The Morgan fingerprint density at radius 1 is 1.05 bits per heavy atom. The van der Waals surface area contributed by atoms with Crippen LogP contribution in [0.15, 0.2) is 52.8 Å². The zero-order valence-electron chi connectivity index (χ0n) is 22.6. The molecule has 3 aromatic rings. The number of fused-ring (bicyclic) bond motifs is 1. The van der Waals surface area contributed by atoms with Crippen LogP contribution in [0.1, 0.15) is 40.1 Å². The Balaban J connectivity index is 1.23. The van der Waals surface area contributed by atoms with Crippen molar-refractivity contribution in [1.29, 1.82) is 0 Å². The van der Waals surface area contributed by atoms with Gasteiger partial charge in [-0.3, -0.25) is 4.79 Å². The normalized spacial score (nSPS) is 18.9. The summed E-state index contributed by atoms with van der Waals surface area (Å²) in [6.45, 7) is 1.17. The number of benzene rings is 2. The van der Waals surface area contributed by atoms with Crippen molar-refractivity contribution in [3.05, 3.63) is 69.7 Å². The van der Waals surface area contributed by atoms with Gasteiger partial charge in [0.15, 0.2) is 0 Å². The van der Waals surface area contributed by atoms with Gasteiger partial charge in [-0.05, 0) is 81.2 Å². The van der Waals surface area contributed by atoms with E-state index in [4.69, 9.17) is 0 Å². The second kappa shape index (κ2) is 10.6. The van der Waals surface area contributed by atoms with Gasteiger partial charge in [0.2, 0.25) is 0 Å². The van der Waals surface area contributed by atoms with Gasteiger partial charge in [-0.15, -0.1) is 11.3 Å². The van der Waals surface area contributed by atoms with Crippen LogP contribution >= 0.6 is 11.3 Å². The Bertz CT molecular complexity index is 1500. The molecule has 12 heteroatoms. The van der Waals surface area contributed by atoms with Crippen LogP contribution < -0.4 is 20.4 Å². The summed E-state index contributed by atoms with van der Waals surface area (Å²) in [5.41, 5.74) is 0.368. The number of thiophene rings is 1. The summed E-state index contributed by atoms with van der Waals surface area (Å²) in [4.78, 5) is 24.1. The van der Waals surface area contributed by atoms with E-state index in [0.29, 0.717) is 19.1 Å². The number of carbonyl (C=O) groups excluding carboxylic acids is 1. The van der Waals surface area contributed by atoms with E-state index in [2.05, 4.69) is 15.6 Å². The molecule has 41 heavy (non-hydrogen) atoms. The first-order valence-corrected chi connectivity index (χ1v) is 14.4. The lowest BCUT2D eigenvalue weighted by atomic mass is 10.1. The molecule has 6 rings (SSSR count). The number of hydrogen-bond acceptors (Lipinski definition) is 7. The Morgan fingerprint density at radius 3 is 2.56 bits per heavy atom. The monoisotopic (exact) mass is 586 g/mol. The molecule has 2 aliphatic heterocycles. The number of nitrogens with zero attached hydrogens (tertiary/aromatic N) is 4. The first-order valence-electron chi connectivity index (χ1n) is 13.5. The van der Waals surface area contributed by atoms with Gasteiger partial charge in [0.05, 0.1) is 21.8 Å². The third kappa shape index (κ3) is 5.62. The number of nitrogens with one attached hydrogen (secondary N) is 2. The number of halogens is 4. The molecule has 216 valence electrons. The van der Waals surface area contributed by atoms with Crippen molar-refractivity contribution in [3.8, 4) is 0 Å². The predicted octanol–water partition coefficient (Wildman–Crippen LogP) is 5.91. The van der Waals surface area contributed by atoms with Crippen molar-refractivity contribution >= 4 is 45.8 Å². The van der Waals surface area contributed by atoms with Crippen molar-refractivity contribution in [3.63, 3.8) is 0 Å². The molecule has 0 spiro atoms. The average molecular weight is 587 g/mol. The Labute approximate surface area is 239 Å². The van der Waals surface area contributed by atoms with E-state index in [-0.39, 0.29) is 35.3 Å². The second-order valence-corrected chi connectivity index (χ2v) is 11.7. The van der Waals surface area contributed by atoms with Gasteiger partial charge in [-0.1, -0.05) is 0 Å². The van der Waals surface area contributed by atoms with Gasteiger partial charge in [0, 0.05) is 42.1 Å². The van der Waals surface area contributed by atoms with Gasteiger partial charge in [-0.2, -0.15) is 13.2 Å². The number of aliphatic imine (C=N–C) groups is 1. The van der Waals surface area contributed by atoms with E-state index >= 15 is 4.39 Å². The van der Waals surface area contributed by atoms with Gasteiger partial charge >= 0.3 is 6.18 Å². The number of amides is 1. The molecule has 1 saturated carbocycles. The zero-order valence-corrected chi connectivity index (χ0v) is 23.4. The van der Waals surface area contributed by atoms with E-state index in [1.54, 1.807) is 9.80 Å². The molecule has 0 radical (unpaired) electrons. The van der Waals surface area contributed by atoms with E-state index in [1.165, 1.54) is 41.7 Å². The van der Waals surface area contributed by atoms with Crippen LogP contribution in [0.4, 0.5) is 40.3 Å². The summed E-state index contributed by atoms with van der Waals surface area (Å²) in [5.74, 6) is -0.413. The number of amidine groups is 1. The topological polar surface area (TPSA) is 63.2 Å². The fourth-order valence-electron chi connectivity index (χ4n) is 5.28. The van der Waals surface area contributed by atoms with Crippen LogP contribution in [-0.4, -0.2) is 62.6 Å². The minimum absolute atomic E-state index is 0.0650. The van der Waals surface area contributed by atoms with E-state index < -0.39 is 23.5 Å². The molecule has 0 unspecified atom stereocenters. The Hall–Kier alpha value is -3.64. The van der Waals surface area contributed by atoms with Crippen LogP contribution in [-0.2, 0) is 6.18 Å². The highest BCUT2D eigenvalue weighted by molar-refractivity contribution is 7.12. The average Bonchev–Trinajstić information content (AvgIpc) is 3.38. The molecule has 2 aromatic carbocycles. The Morgan fingerprint density at radius 2 is 1.85 bits per heavy atom.